The summed E-state index contributed by atoms with van der Waals surface area (Å²) < 4.78 is 2.49. The Morgan fingerprint density at radius 1 is 1.47 bits per heavy atom. The minimum absolute atomic E-state index is 0.179. The highest BCUT2D eigenvalue weighted by molar-refractivity contribution is 14.2. The third-order valence-electron chi connectivity index (χ3n) is 2.90. The Morgan fingerprint density at radius 3 is 2.63 bits per heavy atom. The first-order chi connectivity index (χ1) is 9.10. The van der Waals surface area contributed by atoms with Gasteiger partial charge in [0.05, 0.1) is 2.96 Å². The highest BCUT2D eigenvalue weighted by Gasteiger charge is 2.18. The maximum Gasteiger partial charge on any atom is 0.108 e. The smallest absolute Gasteiger partial charge is 0.108 e. The van der Waals surface area contributed by atoms with Crippen LogP contribution in [0.2, 0.25) is 0 Å². The van der Waals surface area contributed by atoms with Crippen LogP contribution in [-0.4, -0.2) is 2.96 Å². The van der Waals surface area contributed by atoms with Crippen molar-refractivity contribution in [2.45, 2.75) is 13.3 Å². The molecule has 1 aromatic carbocycles. The Hall–Kier alpha value is -0.790. The molecule has 0 unspecified atom stereocenters. The number of nitrogens with two attached hydrogens (primary N) is 1. The van der Waals surface area contributed by atoms with Crippen LogP contribution in [0.5, 0.6) is 0 Å². The molecule has 1 aliphatic rings. The standard InChI is InChI=1S/C14H15IN2OS/c1-9(2)12(13-8-19-14(16)15-13)7-10-3-5-11(17-18)6-4-10/h3-6,8,12H,1,7,16H2,2H3/t12-/m1/s1. The summed E-state index contributed by atoms with van der Waals surface area (Å²) in [7, 11) is 0. The molecule has 0 aliphatic carbocycles. The van der Waals surface area contributed by atoms with E-state index in [0.29, 0.717) is 11.6 Å². The van der Waals surface area contributed by atoms with Gasteiger partial charge in [0.2, 0.25) is 0 Å². The molecular weight excluding hydrogens is 371 g/mol. The summed E-state index contributed by atoms with van der Waals surface area (Å²) in [6, 6.07) is 7.43. The quantitative estimate of drug-likeness (QED) is 0.463. The van der Waals surface area contributed by atoms with Gasteiger partial charge in [0, 0.05) is 9.50 Å². The van der Waals surface area contributed by atoms with E-state index in [0.717, 1.165) is 9.39 Å². The van der Waals surface area contributed by atoms with Crippen molar-refractivity contribution in [3.8, 4) is 0 Å². The van der Waals surface area contributed by atoms with Gasteiger partial charge >= 0.3 is 0 Å². The molecule has 1 aliphatic heterocycles. The molecule has 0 fully saturated rings. The number of nitroso groups, excluding NO2 is 1. The van der Waals surface area contributed by atoms with Gasteiger partial charge in [-0.05, 0) is 41.6 Å². The number of nitrogens with zero attached hydrogens (tertiary/aromatic N) is 1. The Morgan fingerprint density at radius 2 is 2.16 bits per heavy atom. The van der Waals surface area contributed by atoms with E-state index >= 15 is 0 Å². The van der Waals surface area contributed by atoms with E-state index in [1.54, 1.807) is 23.9 Å². The molecule has 1 heterocycles. The van der Waals surface area contributed by atoms with E-state index in [1.165, 1.54) is 14.7 Å². The molecule has 1 atom stereocenters. The number of hydrogen-bond acceptors (Lipinski definition) is 4. The molecule has 19 heavy (non-hydrogen) atoms. The highest BCUT2D eigenvalue weighted by atomic mass is 127. The molecule has 0 radical (unpaired) electrons. The van der Waals surface area contributed by atoms with Crippen molar-refractivity contribution in [2.75, 3.05) is 0 Å². The van der Waals surface area contributed by atoms with Gasteiger partial charge < -0.3 is 0 Å². The maximum absolute atomic E-state index is 10.4. The molecule has 0 bridgehead atoms. The van der Waals surface area contributed by atoms with Gasteiger partial charge in [-0.1, -0.05) is 56.8 Å². The molecular formula is C14H15IN2OS. The van der Waals surface area contributed by atoms with Crippen molar-refractivity contribution >= 4 is 41.1 Å². The van der Waals surface area contributed by atoms with Crippen LogP contribution in [0.4, 0.5) is 5.69 Å². The van der Waals surface area contributed by atoms with Crippen LogP contribution >= 0.6 is 32.5 Å². The summed E-state index contributed by atoms with van der Waals surface area (Å²) in [6.07, 6.45) is 0.911. The Balaban J connectivity index is 2.17. The Kier molecular flexibility index (Phi) is 5.06. The number of benzene rings is 1. The fourth-order valence-electron chi connectivity index (χ4n) is 1.85. The number of halogens is 1. The van der Waals surface area contributed by atoms with E-state index in [4.69, 9.17) is 5.73 Å². The van der Waals surface area contributed by atoms with Crippen molar-refractivity contribution in [3.63, 3.8) is 0 Å². The lowest BCUT2D eigenvalue weighted by Gasteiger charge is -2.16. The van der Waals surface area contributed by atoms with E-state index in [-0.39, 0.29) is 20.7 Å². The fourth-order valence-corrected chi connectivity index (χ4v) is 6.19. The second-order valence-electron chi connectivity index (χ2n) is 4.38. The average molecular weight is 386 g/mol. The van der Waals surface area contributed by atoms with Crippen LogP contribution in [-0.2, 0) is 6.42 Å². The van der Waals surface area contributed by atoms with E-state index in [9.17, 15) is 4.91 Å². The first-order valence-corrected chi connectivity index (χ1v) is 8.85. The zero-order valence-electron chi connectivity index (χ0n) is 10.6. The fraction of sp³-hybridized carbons (Fsp3) is 0.214. The molecule has 100 valence electrons. The SMILES string of the molecule is C=C(C)[C@@H](Cc1ccc(N=O)cc1)C1=CSC(N)=I1. The van der Waals surface area contributed by atoms with E-state index < -0.39 is 0 Å². The van der Waals surface area contributed by atoms with Crippen molar-refractivity contribution in [1.29, 1.82) is 0 Å². The Labute approximate surface area is 127 Å². The zero-order chi connectivity index (χ0) is 13.8. The molecule has 1 aromatic rings. The van der Waals surface area contributed by atoms with Gasteiger partial charge in [-0.3, -0.25) is 5.73 Å². The minimum atomic E-state index is -0.179. The third kappa shape index (κ3) is 3.84. The topological polar surface area (TPSA) is 55.5 Å². The lowest BCUT2D eigenvalue weighted by Crippen LogP contribution is -2.06. The van der Waals surface area contributed by atoms with Crippen molar-refractivity contribution in [1.82, 2.24) is 0 Å². The van der Waals surface area contributed by atoms with Crippen LogP contribution in [0, 0.1) is 10.8 Å². The van der Waals surface area contributed by atoms with E-state index in [1.807, 2.05) is 12.1 Å². The van der Waals surface area contributed by atoms with Crippen molar-refractivity contribution in [3.05, 3.63) is 55.9 Å². The number of rotatable bonds is 5. The Bertz CT molecular complexity index is 563. The number of hydrogen-bond donors (Lipinski definition) is 1. The molecule has 0 spiro atoms. The number of allylic oxidation sites excluding steroid dienone is 2. The van der Waals surface area contributed by atoms with Crippen LogP contribution in [0.3, 0.4) is 0 Å². The van der Waals surface area contributed by atoms with Gasteiger partial charge in [0.25, 0.3) is 0 Å². The second-order valence-corrected chi connectivity index (χ2v) is 8.97. The molecule has 2 rings (SSSR count). The summed E-state index contributed by atoms with van der Waals surface area (Å²) >= 11 is 1.47. The summed E-state index contributed by atoms with van der Waals surface area (Å²) in [5.41, 5.74) is 8.72. The van der Waals surface area contributed by atoms with Gasteiger partial charge in [-0.2, -0.15) is 0 Å². The molecule has 0 amide bonds. The first kappa shape index (κ1) is 14.6. The lowest BCUT2D eigenvalue weighted by molar-refractivity contribution is 0.752. The van der Waals surface area contributed by atoms with Gasteiger partial charge in [-0.25, -0.2) is 0 Å². The van der Waals surface area contributed by atoms with Crippen LogP contribution in [0.25, 0.3) is 0 Å². The molecule has 0 saturated carbocycles. The molecule has 0 aromatic heterocycles. The molecule has 3 nitrogen and oxygen atoms in total. The lowest BCUT2D eigenvalue weighted by atomic mass is 9.94. The predicted octanol–water partition coefficient (Wildman–Crippen LogP) is 4.42. The average Bonchev–Trinajstić information content (AvgIpc) is 2.82. The monoisotopic (exact) mass is 386 g/mol. The van der Waals surface area contributed by atoms with Crippen molar-refractivity contribution in [2.24, 2.45) is 16.8 Å². The highest BCUT2D eigenvalue weighted by Crippen LogP contribution is 2.39. The van der Waals surface area contributed by atoms with E-state index in [2.05, 4.69) is 24.1 Å². The van der Waals surface area contributed by atoms with Gasteiger partial charge in [0.1, 0.15) is 5.69 Å². The second kappa shape index (κ2) is 6.58. The predicted molar refractivity (Wildman–Crippen MR) is 92.8 cm³/mol. The largest absolute Gasteiger partial charge is 0.292 e. The van der Waals surface area contributed by atoms with Gasteiger partial charge in [0.15, 0.2) is 0 Å². The van der Waals surface area contributed by atoms with Gasteiger partial charge in [-0.15, -0.1) is 4.91 Å². The van der Waals surface area contributed by atoms with Crippen LogP contribution < -0.4 is 5.73 Å². The van der Waals surface area contributed by atoms with Crippen LogP contribution in [0.1, 0.15) is 12.5 Å². The molecule has 5 heteroatoms. The molecule has 2 N–H and O–H groups in total. The van der Waals surface area contributed by atoms with Crippen molar-refractivity contribution < 1.29 is 0 Å². The number of thioether (sulfide) groups is 1. The summed E-state index contributed by atoms with van der Waals surface area (Å²) in [5.74, 6) is 0.358. The zero-order valence-corrected chi connectivity index (χ0v) is 13.6. The minimum Gasteiger partial charge on any atom is -0.292 e. The summed E-state index contributed by atoms with van der Waals surface area (Å²) in [6.45, 7) is 6.17. The summed E-state index contributed by atoms with van der Waals surface area (Å²) in [4.78, 5) is 10.4. The maximum atomic E-state index is 10.4. The third-order valence-corrected chi connectivity index (χ3v) is 7.41. The first-order valence-electron chi connectivity index (χ1n) is 5.82. The summed E-state index contributed by atoms with van der Waals surface area (Å²) in [5, 5.41) is 5.10. The normalized spacial score (nSPS) is 16.1. The van der Waals surface area contributed by atoms with Crippen LogP contribution in [0.15, 0.2) is 50.6 Å². The molecule has 0 saturated heterocycles.